The topological polar surface area (TPSA) is 56.7 Å². The van der Waals surface area contributed by atoms with Crippen LogP contribution in [0, 0.1) is 0 Å². The van der Waals surface area contributed by atoms with Crippen LogP contribution >= 0.6 is 47.3 Å². The fraction of sp³-hybridized carbons (Fsp3) is 0.611. The fourth-order valence-corrected chi connectivity index (χ4v) is 4.07. The Morgan fingerprint density at radius 2 is 2.04 bits per heavy atom. The summed E-state index contributed by atoms with van der Waals surface area (Å²) < 4.78 is 0. The van der Waals surface area contributed by atoms with E-state index in [1.807, 2.05) is 43.0 Å². The van der Waals surface area contributed by atoms with Crippen LogP contribution in [0.1, 0.15) is 32.3 Å². The number of hydrogen-bond donors (Lipinski definition) is 3. The highest BCUT2D eigenvalue weighted by atomic mass is 127. The van der Waals surface area contributed by atoms with Crippen molar-refractivity contribution in [2.45, 2.75) is 44.0 Å². The fourth-order valence-electron chi connectivity index (χ4n) is 2.75. The molecule has 0 saturated heterocycles. The first-order valence-electron chi connectivity index (χ1n) is 8.68. The SMILES string of the molecule is CCNC(=NCC1(O)CCC1SCC)NCCc1ccc(Cl)cc1.I. The third-order valence-corrected chi connectivity index (χ3v) is 5.94. The Hall–Kier alpha value is -0.180. The summed E-state index contributed by atoms with van der Waals surface area (Å²) in [6.07, 6.45) is 2.84. The molecule has 0 aromatic heterocycles. The Kier molecular flexibility index (Phi) is 10.5. The van der Waals surface area contributed by atoms with E-state index < -0.39 is 5.60 Å². The number of nitrogens with one attached hydrogen (secondary N) is 2. The van der Waals surface area contributed by atoms with E-state index in [4.69, 9.17) is 11.6 Å². The van der Waals surface area contributed by atoms with Gasteiger partial charge in [0.15, 0.2) is 5.96 Å². The van der Waals surface area contributed by atoms with Crippen molar-refractivity contribution >= 4 is 53.3 Å². The van der Waals surface area contributed by atoms with Gasteiger partial charge in [0.1, 0.15) is 0 Å². The van der Waals surface area contributed by atoms with Gasteiger partial charge in [0.2, 0.25) is 0 Å². The molecule has 1 saturated carbocycles. The molecule has 1 aliphatic carbocycles. The van der Waals surface area contributed by atoms with E-state index in [1.165, 1.54) is 5.56 Å². The van der Waals surface area contributed by atoms with Crippen molar-refractivity contribution in [3.8, 4) is 0 Å². The molecular weight excluding hydrogens is 469 g/mol. The number of guanidine groups is 1. The summed E-state index contributed by atoms with van der Waals surface area (Å²) in [5, 5.41) is 18.3. The minimum absolute atomic E-state index is 0. The van der Waals surface area contributed by atoms with E-state index in [2.05, 4.69) is 22.5 Å². The molecule has 1 aliphatic rings. The van der Waals surface area contributed by atoms with Gasteiger partial charge in [0.05, 0.1) is 12.1 Å². The summed E-state index contributed by atoms with van der Waals surface area (Å²) in [6.45, 7) is 6.23. The van der Waals surface area contributed by atoms with Crippen LogP contribution < -0.4 is 10.6 Å². The zero-order valence-corrected chi connectivity index (χ0v) is 18.8. The lowest BCUT2D eigenvalue weighted by atomic mass is 9.79. The van der Waals surface area contributed by atoms with Crippen LogP contribution in [0.2, 0.25) is 5.02 Å². The molecule has 2 atom stereocenters. The van der Waals surface area contributed by atoms with E-state index in [1.54, 1.807) is 0 Å². The molecule has 1 aromatic rings. The first kappa shape index (κ1) is 22.9. The molecule has 0 heterocycles. The molecule has 0 aliphatic heterocycles. The van der Waals surface area contributed by atoms with E-state index in [0.717, 1.165) is 49.1 Å². The molecule has 0 amide bonds. The van der Waals surface area contributed by atoms with Gasteiger partial charge in [-0.2, -0.15) is 11.8 Å². The highest BCUT2D eigenvalue weighted by Crippen LogP contribution is 2.41. The number of nitrogens with zero attached hydrogens (tertiary/aromatic N) is 1. The predicted octanol–water partition coefficient (Wildman–Crippen LogP) is 3.70. The van der Waals surface area contributed by atoms with Crippen molar-refractivity contribution in [1.82, 2.24) is 10.6 Å². The molecule has 3 N–H and O–H groups in total. The number of hydrogen-bond acceptors (Lipinski definition) is 3. The number of aliphatic hydroxyl groups is 1. The van der Waals surface area contributed by atoms with Crippen LogP contribution in [0.5, 0.6) is 0 Å². The third-order valence-electron chi connectivity index (χ3n) is 4.28. The zero-order chi connectivity index (χ0) is 17.4. The van der Waals surface area contributed by atoms with Crippen LogP contribution in [0.25, 0.3) is 0 Å². The molecule has 0 spiro atoms. The maximum atomic E-state index is 10.7. The van der Waals surface area contributed by atoms with E-state index in [-0.39, 0.29) is 24.0 Å². The number of benzene rings is 1. The lowest BCUT2D eigenvalue weighted by Crippen LogP contribution is -2.53. The molecule has 2 unspecified atom stereocenters. The molecule has 2 rings (SSSR count). The van der Waals surface area contributed by atoms with Crippen LogP contribution in [0.4, 0.5) is 0 Å². The van der Waals surface area contributed by atoms with Crippen LogP contribution in [0.15, 0.2) is 29.3 Å². The molecule has 25 heavy (non-hydrogen) atoms. The highest BCUT2D eigenvalue weighted by Gasteiger charge is 2.45. The summed E-state index contributed by atoms with van der Waals surface area (Å²) >= 11 is 7.74. The van der Waals surface area contributed by atoms with Crippen LogP contribution in [-0.2, 0) is 6.42 Å². The monoisotopic (exact) mass is 497 g/mol. The quantitative estimate of drug-likeness (QED) is 0.291. The van der Waals surface area contributed by atoms with Gasteiger partial charge in [0.25, 0.3) is 0 Å². The van der Waals surface area contributed by atoms with Crippen LogP contribution in [0.3, 0.4) is 0 Å². The second-order valence-corrected chi connectivity index (χ2v) is 8.00. The van der Waals surface area contributed by atoms with Gasteiger partial charge in [-0.05, 0) is 49.6 Å². The summed E-state index contributed by atoms with van der Waals surface area (Å²) in [7, 11) is 0. The van der Waals surface area contributed by atoms with E-state index in [0.29, 0.717) is 11.8 Å². The van der Waals surface area contributed by atoms with Crippen molar-refractivity contribution in [2.75, 3.05) is 25.4 Å². The number of rotatable bonds is 8. The van der Waals surface area contributed by atoms with Crippen molar-refractivity contribution in [2.24, 2.45) is 4.99 Å². The molecule has 4 nitrogen and oxygen atoms in total. The minimum Gasteiger partial charge on any atom is -0.387 e. The highest BCUT2D eigenvalue weighted by molar-refractivity contribution is 14.0. The first-order chi connectivity index (χ1) is 11.6. The van der Waals surface area contributed by atoms with Crippen LogP contribution in [-0.4, -0.2) is 47.3 Å². The number of aliphatic imine (C=N–C) groups is 1. The molecule has 0 bridgehead atoms. The smallest absolute Gasteiger partial charge is 0.191 e. The maximum Gasteiger partial charge on any atom is 0.191 e. The summed E-state index contributed by atoms with van der Waals surface area (Å²) in [6, 6.07) is 7.90. The van der Waals surface area contributed by atoms with Crippen molar-refractivity contribution in [3.63, 3.8) is 0 Å². The average molecular weight is 498 g/mol. The summed E-state index contributed by atoms with van der Waals surface area (Å²) in [5.41, 5.74) is 0.596. The Labute approximate surface area is 177 Å². The van der Waals surface area contributed by atoms with Crippen molar-refractivity contribution in [1.29, 1.82) is 0 Å². The minimum atomic E-state index is -0.640. The van der Waals surface area contributed by atoms with Crippen molar-refractivity contribution in [3.05, 3.63) is 34.9 Å². The van der Waals surface area contributed by atoms with Gasteiger partial charge < -0.3 is 15.7 Å². The molecule has 1 fully saturated rings. The van der Waals surface area contributed by atoms with Gasteiger partial charge in [-0.25, -0.2) is 0 Å². The molecule has 142 valence electrons. The Balaban J connectivity index is 0.00000312. The Morgan fingerprint density at radius 3 is 2.60 bits per heavy atom. The summed E-state index contributed by atoms with van der Waals surface area (Å²) in [5.74, 6) is 1.81. The zero-order valence-electron chi connectivity index (χ0n) is 14.9. The lowest BCUT2D eigenvalue weighted by Gasteiger charge is -2.44. The van der Waals surface area contributed by atoms with Crippen molar-refractivity contribution < 1.29 is 5.11 Å². The summed E-state index contributed by atoms with van der Waals surface area (Å²) in [4.78, 5) is 4.60. The Morgan fingerprint density at radius 1 is 1.32 bits per heavy atom. The molecular formula is C18H29ClIN3OS. The van der Waals surface area contributed by atoms with Gasteiger partial charge in [0, 0.05) is 23.4 Å². The van der Waals surface area contributed by atoms with E-state index in [9.17, 15) is 5.11 Å². The predicted molar refractivity (Wildman–Crippen MR) is 121 cm³/mol. The van der Waals surface area contributed by atoms with E-state index >= 15 is 0 Å². The number of thioether (sulfide) groups is 1. The first-order valence-corrected chi connectivity index (χ1v) is 10.1. The largest absolute Gasteiger partial charge is 0.387 e. The third kappa shape index (κ3) is 7.15. The lowest BCUT2D eigenvalue weighted by molar-refractivity contribution is -0.0154. The normalized spacial score (nSPS) is 22.7. The second-order valence-electron chi connectivity index (χ2n) is 6.08. The molecule has 1 aromatic carbocycles. The average Bonchev–Trinajstić information content (AvgIpc) is 2.58. The van der Waals surface area contributed by atoms with Gasteiger partial charge >= 0.3 is 0 Å². The van der Waals surface area contributed by atoms with Gasteiger partial charge in [-0.15, -0.1) is 24.0 Å². The molecule has 0 radical (unpaired) electrons. The second kappa shape index (κ2) is 11.5. The van der Waals surface area contributed by atoms with Gasteiger partial charge in [-0.3, -0.25) is 4.99 Å². The Bertz CT molecular complexity index is 544. The molecule has 7 heteroatoms. The maximum absolute atomic E-state index is 10.7. The van der Waals surface area contributed by atoms with Gasteiger partial charge in [-0.1, -0.05) is 30.7 Å². The number of halogens is 2. The standard InChI is InChI=1S/C18H28ClN3OS.HI/c1-3-20-17(21-12-10-14-5-7-15(19)8-6-14)22-13-18(23)11-9-16(18)24-4-2;/h5-8,16,23H,3-4,9-13H2,1-2H3,(H2,20,21,22);1H.